The second-order valence-corrected chi connectivity index (χ2v) is 6.05. The summed E-state index contributed by atoms with van der Waals surface area (Å²) in [6.45, 7) is 6.68. The number of anilines is 1. The summed E-state index contributed by atoms with van der Waals surface area (Å²) < 4.78 is 3.14. The van der Waals surface area contributed by atoms with Gasteiger partial charge in [-0.15, -0.1) is 0 Å². The summed E-state index contributed by atoms with van der Waals surface area (Å²) in [5, 5.41) is 9.48. The predicted molar refractivity (Wildman–Crippen MR) is 109 cm³/mol. The van der Waals surface area contributed by atoms with E-state index in [0.29, 0.717) is 24.6 Å². The molecule has 0 amide bonds. The highest BCUT2D eigenvalue weighted by Crippen LogP contribution is 2.20. The van der Waals surface area contributed by atoms with Crippen molar-refractivity contribution in [3.8, 4) is 0 Å². The van der Waals surface area contributed by atoms with E-state index in [1.54, 1.807) is 16.9 Å². The van der Waals surface area contributed by atoms with Gasteiger partial charge in [0.25, 0.3) is 5.56 Å². The molecule has 2 N–H and O–H groups in total. The van der Waals surface area contributed by atoms with Crippen molar-refractivity contribution in [2.45, 2.75) is 33.9 Å². The summed E-state index contributed by atoms with van der Waals surface area (Å²) >= 11 is 0. The van der Waals surface area contributed by atoms with Crippen LogP contribution >= 0.6 is 0 Å². The van der Waals surface area contributed by atoms with Gasteiger partial charge < -0.3 is 5.73 Å². The molecule has 0 bridgehead atoms. The molecular formula is C20H23N7O. The van der Waals surface area contributed by atoms with E-state index in [0.717, 1.165) is 22.2 Å². The van der Waals surface area contributed by atoms with E-state index in [1.807, 2.05) is 51.1 Å². The van der Waals surface area contributed by atoms with Crippen LogP contribution in [-0.2, 0) is 13.1 Å². The second-order valence-electron chi connectivity index (χ2n) is 6.05. The lowest BCUT2D eigenvalue weighted by molar-refractivity contribution is 0.622. The number of nitrogens with zero attached hydrogens (tertiary/aromatic N) is 6. The average molecular weight is 377 g/mol. The predicted octanol–water partition coefficient (Wildman–Crippen LogP) is 2.40. The first-order valence-electron chi connectivity index (χ1n) is 9.15. The van der Waals surface area contributed by atoms with Crippen molar-refractivity contribution < 1.29 is 0 Å². The quantitative estimate of drug-likeness (QED) is 0.585. The zero-order chi connectivity index (χ0) is 20.1. The highest BCUT2D eigenvalue weighted by molar-refractivity contribution is 5.87. The van der Waals surface area contributed by atoms with E-state index < -0.39 is 0 Å². The smallest absolute Gasteiger partial charge is 0.267 e. The third-order valence-corrected chi connectivity index (χ3v) is 4.17. The number of rotatable bonds is 4. The Morgan fingerprint density at radius 3 is 2.43 bits per heavy atom. The Hall–Kier alpha value is -3.55. The van der Waals surface area contributed by atoms with Gasteiger partial charge in [-0.2, -0.15) is 10.2 Å². The minimum absolute atomic E-state index is 0.159. The fourth-order valence-corrected chi connectivity index (χ4v) is 2.93. The van der Waals surface area contributed by atoms with Crippen LogP contribution in [-0.4, -0.2) is 29.5 Å². The molecule has 3 aromatic heterocycles. The monoisotopic (exact) mass is 377 g/mol. The molecule has 0 aliphatic rings. The summed E-state index contributed by atoms with van der Waals surface area (Å²) in [5.74, 6) is 0.398. The fraction of sp³-hybridized carbons (Fsp3) is 0.250. The zero-order valence-corrected chi connectivity index (χ0v) is 16.2. The SMILES string of the molecule is CC.Cc1nn(Cc2cnn(Cc3ccccc3)c(=O)c2)c2ncnc(N)c12. The molecular weight excluding hydrogens is 354 g/mol. The molecule has 0 unspecified atom stereocenters. The van der Waals surface area contributed by atoms with Crippen LogP contribution in [0.3, 0.4) is 0 Å². The van der Waals surface area contributed by atoms with Crippen molar-refractivity contribution in [2.75, 3.05) is 5.73 Å². The van der Waals surface area contributed by atoms with Crippen molar-refractivity contribution in [1.82, 2.24) is 29.5 Å². The van der Waals surface area contributed by atoms with Crippen molar-refractivity contribution in [1.29, 1.82) is 0 Å². The van der Waals surface area contributed by atoms with Gasteiger partial charge in [0.1, 0.15) is 12.1 Å². The first-order chi connectivity index (χ1) is 13.6. The standard InChI is InChI=1S/C18H17N7O.C2H6/c1-12-16-17(19)20-11-21-18(16)25(23-12)10-14-7-15(26)24(22-8-14)9-13-5-3-2-4-6-13;1-2/h2-8,11H,9-10H2,1H3,(H2,19,20,21);1-2H3. The van der Waals surface area contributed by atoms with Gasteiger partial charge in [0.05, 0.1) is 30.4 Å². The van der Waals surface area contributed by atoms with Crippen LogP contribution in [0.2, 0.25) is 0 Å². The van der Waals surface area contributed by atoms with Crippen LogP contribution in [0.4, 0.5) is 5.82 Å². The zero-order valence-electron chi connectivity index (χ0n) is 16.2. The molecule has 0 aliphatic carbocycles. The number of aromatic nitrogens is 6. The molecule has 8 nitrogen and oxygen atoms in total. The van der Waals surface area contributed by atoms with E-state index in [2.05, 4.69) is 20.2 Å². The molecule has 1 aromatic carbocycles. The first-order valence-corrected chi connectivity index (χ1v) is 9.15. The molecule has 8 heteroatoms. The Bertz CT molecular complexity index is 1130. The number of hydrogen-bond acceptors (Lipinski definition) is 6. The molecule has 4 rings (SSSR count). The summed E-state index contributed by atoms with van der Waals surface area (Å²) in [7, 11) is 0. The lowest BCUT2D eigenvalue weighted by Gasteiger charge is -2.07. The van der Waals surface area contributed by atoms with Gasteiger partial charge in [-0.1, -0.05) is 44.2 Å². The molecule has 0 spiro atoms. The largest absolute Gasteiger partial charge is 0.383 e. The van der Waals surface area contributed by atoms with Crippen LogP contribution in [0.5, 0.6) is 0 Å². The van der Waals surface area contributed by atoms with E-state index in [1.165, 1.54) is 11.0 Å². The Kier molecular flexibility index (Phi) is 5.78. The Morgan fingerprint density at radius 1 is 1.00 bits per heavy atom. The van der Waals surface area contributed by atoms with Crippen LogP contribution in [0, 0.1) is 6.92 Å². The molecule has 0 atom stereocenters. The van der Waals surface area contributed by atoms with Crippen LogP contribution in [0.1, 0.15) is 30.7 Å². The minimum atomic E-state index is -0.159. The Balaban J connectivity index is 0.00000109. The second kappa shape index (κ2) is 8.43. The molecule has 28 heavy (non-hydrogen) atoms. The van der Waals surface area contributed by atoms with Gasteiger partial charge in [-0.05, 0) is 18.1 Å². The Labute approximate surface area is 162 Å². The number of benzene rings is 1. The number of fused-ring (bicyclic) bond motifs is 1. The van der Waals surface area contributed by atoms with Gasteiger partial charge in [-0.25, -0.2) is 19.3 Å². The lowest BCUT2D eigenvalue weighted by Crippen LogP contribution is -2.23. The van der Waals surface area contributed by atoms with Gasteiger partial charge in [0.15, 0.2) is 5.65 Å². The van der Waals surface area contributed by atoms with Gasteiger partial charge in [0.2, 0.25) is 0 Å². The molecule has 0 fully saturated rings. The molecule has 0 saturated carbocycles. The van der Waals surface area contributed by atoms with E-state index >= 15 is 0 Å². The highest BCUT2D eigenvalue weighted by Gasteiger charge is 2.13. The maximum absolute atomic E-state index is 12.4. The molecule has 0 aliphatic heterocycles. The maximum Gasteiger partial charge on any atom is 0.267 e. The third kappa shape index (κ3) is 3.90. The summed E-state index contributed by atoms with van der Waals surface area (Å²) in [5.41, 5.74) is 8.92. The van der Waals surface area contributed by atoms with Crippen molar-refractivity contribution in [2.24, 2.45) is 0 Å². The first kappa shape index (κ1) is 19.2. The van der Waals surface area contributed by atoms with Crippen LogP contribution in [0.15, 0.2) is 53.7 Å². The lowest BCUT2D eigenvalue weighted by atomic mass is 10.2. The maximum atomic E-state index is 12.4. The molecule has 3 heterocycles. The number of hydrogen-bond donors (Lipinski definition) is 1. The van der Waals surface area contributed by atoms with Crippen molar-refractivity contribution >= 4 is 16.9 Å². The van der Waals surface area contributed by atoms with Crippen LogP contribution < -0.4 is 11.3 Å². The van der Waals surface area contributed by atoms with Gasteiger partial charge in [-0.3, -0.25) is 4.79 Å². The number of nitrogens with two attached hydrogens (primary N) is 1. The fourth-order valence-electron chi connectivity index (χ4n) is 2.93. The summed E-state index contributed by atoms with van der Waals surface area (Å²) in [4.78, 5) is 20.6. The molecule has 4 aromatic rings. The van der Waals surface area contributed by atoms with E-state index in [9.17, 15) is 4.79 Å². The normalized spacial score (nSPS) is 10.5. The van der Waals surface area contributed by atoms with Gasteiger partial charge >= 0.3 is 0 Å². The van der Waals surface area contributed by atoms with Crippen molar-refractivity contribution in [3.63, 3.8) is 0 Å². The summed E-state index contributed by atoms with van der Waals surface area (Å²) in [6, 6.07) is 11.3. The highest BCUT2D eigenvalue weighted by atomic mass is 16.1. The summed E-state index contributed by atoms with van der Waals surface area (Å²) in [6.07, 6.45) is 3.09. The van der Waals surface area contributed by atoms with Crippen molar-refractivity contribution in [3.05, 3.63) is 76.1 Å². The van der Waals surface area contributed by atoms with E-state index in [-0.39, 0.29) is 5.56 Å². The number of aryl methyl sites for hydroxylation is 1. The third-order valence-electron chi connectivity index (χ3n) is 4.17. The number of nitrogen functional groups attached to an aromatic ring is 1. The molecule has 144 valence electrons. The topological polar surface area (TPSA) is 105 Å². The molecule has 0 saturated heterocycles. The minimum Gasteiger partial charge on any atom is -0.383 e. The average Bonchev–Trinajstić information content (AvgIpc) is 3.03. The van der Waals surface area contributed by atoms with Crippen LogP contribution in [0.25, 0.3) is 11.0 Å². The van der Waals surface area contributed by atoms with Gasteiger partial charge in [0, 0.05) is 6.07 Å². The Morgan fingerprint density at radius 2 is 1.71 bits per heavy atom. The van der Waals surface area contributed by atoms with E-state index in [4.69, 9.17) is 5.73 Å². The molecule has 0 radical (unpaired) electrons.